The summed E-state index contributed by atoms with van der Waals surface area (Å²) in [7, 11) is -1.30. The van der Waals surface area contributed by atoms with Crippen LogP contribution in [0.3, 0.4) is 0 Å². The number of carbonyl (C=O) groups excluding carboxylic acids is 1. The van der Waals surface area contributed by atoms with E-state index in [9.17, 15) is 9.00 Å². The molecule has 2 aromatic rings. The number of amides is 1. The molecule has 28 heavy (non-hydrogen) atoms. The van der Waals surface area contributed by atoms with Gasteiger partial charge >= 0.3 is 0 Å². The summed E-state index contributed by atoms with van der Waals surface area (Å²) < 4.78 is 15.2. The van der Waals surface area contributed by atoms with E-state index in [4.69, 9.17) is 0 Å². The maximum atomic E-state index is 13.3. The highest BCUT2D eigenvalue weighted by Gasteiger charge is 2.30. The van der Waals surface area contributed by atoms with Gasteiger partial charge in [0, 0.05) is 31.2 Å². The summed E-state index contributed by atoms with van der Waals surface area (Å²) in [6.07, 6.45) is 9.87. The molecular formula is C22H29N3O2S. The molecule has 0 spiro atoms. The SMILES string of the molecule is O=C(NCC1CCCCC1)C1CCCN(S(=O)c2cccc3cccnc23)C1. The van der Waals surface area contributed by atoms with Gasteiger partial charge in [0.25, 0.3) is 0 Å². The number of pyridine rings is 1. The summed E-state index contributed by atoms with van der Waals surface area (Å²) in [5.41, 5.74) is 0.784. The van der Waals surface area contributed by atoms with Crippen molar-refractivity contribution in [3.05, 3.63) is 36.5 Å². The smallest absolute Gasteiger partial charge is 0.224 e. The molecule has 1 aromatic carbocycles. The Hall–Kier alpha value is -1.79. The monoisotopic (exact) mass is 399 g/mol. The number of nitrogens with one attached hydrogen (secondary N) is 1. The third-order valence-corrected chi connectivity index (χ3v) is 7.57. The van der Waals surface area contributed by atoms with Crippen LogP contribution in [0.2, 0.25) is 0 Å². The Kier molecular flexibility index (Phi) is 6.37. The van der Waals surface area contributed by atoms with Gasteiger partial charge in [0.15, 0.2) is 0 Å². The lowest BCUT2D eigenvalue weighted by Crippen LogP contribution is -2.44. The molecule has 1 aliphatic carbocycles. The van der Waals surface area contributed by atoms with E-state index in [0.717, 1.165) is 41.7 Å². The lowest BCUT2D eigenvalue weighted by Gasteiger charge is -2.31. The molecule has 1 N–H and O–H groups in total. The van der Waals surface area contributed by atoms with Crippen molar-refractivity contribution >= 4 is 27.8 Å². The summed E-state index contributed by atoms with van der Waals surface area (Å²) in [4.78, 5) is 17.9. The van der Waals surface area contributed by atoms with Crippen molar-refractivity contribution in [2.24, 2.45) is 11.8 Å². The van der Waals surface area contributed by atoms with E-state index >= 15 is 0 Å². The van der Waals surface area contributed by atoms with Gasteiger partial charge in [0.2, 0.25) is 5.91 Å². The minimum atomic E-state index is -1.30. The zero-order chi connectivity index (χ0) is 19.3. The van der Waals surface area contributed by atoms with Crippen molar-refractivity contribution < 1.29 is 9.00 Å². The van der Waals surface area contributed by atoms with Crippen molar-refractivity contribution in [2.45, 2.75) is 49.8 Å². The van der Waals surface area contributed by atoms with Crippen LogP contribution in [0, 0.1) is 11.8 Å². The Balaban J connectivity index is 1.40. The summed E-state index contributed by atoms with van der Waals surface area (Å²) >= 11 is 0. The zero-order valence-electron chi connectivity index (χ0n) is 16.3. The second-order valence-corrected chi connectivity index (χ2v) is 9.51. The number of hydrogen-bond donors (Lipinski definition) is 1. The summed E-state index contributed by atoms with van der Waals surface area (Å²) in [5, 5.41) is 4.17. The fraction of sp³-hybridized carbons (Fsp3) is 0.545. The molecular weight excluding hydrogens is 370 g/mol. The zero-order valence-corrected chi connectivity index (χ0v) is 17.1. The Morgan fingerprint density at radius 3 is 2.79 bits per heavy atom. The van der Waals surface area contributed by atoms with Crippen molar-refractivity contribution in [1.82, 2.24) is 14.6 Å². The van der Waals surface area contributed by atoms with E-state index in [0.29, 0.717) is 12.5 Å². The first-order valence-corrected chi connectivity index (χ1v) is 11.6. The summed E-state index contributed by atoms with van der Waals surface area (Å²) in [5.74, 6) is 0.681. The molecule has 1 aliphatic heterocycles. The van der Waals surface area contributed by atoms with E-state index in [2.05, 4.69) is 10.3 Å². The molecule has 2 heterocycles. The van der Waals surface area contributed by atoms with Crippen LogP contribution in [0.4, 0.5) is 0 Å². The topological polar surface area (TPSA) is 62.3 Å². The molecule has 5 nitrogen and oxygen atoms in total. The van der Waals surface area contributed by atoms with Crippen LogP contribution in [-0.4, -0.2) is 39.0 Å². The number of fused-ring (bicyclic) bond motifs is 1. The van der Waals surface area contributed by atoms with Crippen LogP contribution in [-0.2, 0) is 15.8 Å². The molecule has 2 fully saturated rings. The first-order chi connectivity index (χ1) is 13.7. The van der Waals surface area contributed by atoms with Crippen molar-refractivity contribution in [3.63, 3.8) is 0 Å². The quantitative estimate of drug-likeness (QED) is 0.834. The largest absolute Gasteiger partial charge is 0.356 e. The first-order valence-electron chi connectivity index (χ1n) is 10.5. The maximum absolute atomic E-state index is 13.3. The predicted octanol–water partition coefficient (Wildman–Crippen LogP) is 3.67. The molecule has 2 aliphatic rings. The highest BCUT2D eigenvalue weighted by Crippen LogP contribution is 2.26. The highest BCUT2D eigenvalue weighted by molar-refractivity contribution is 7.83. The minimum absolute atomic E-state index is 0.0794. The molecule has 2 unspecified atom stereocenters. The molecule has 4 rings (SSSR count). The van der Waals surface area contributed by atoms with Crippen molar-refractivity contribution in [1.29, 1.82) is 0 Å². The average molecular weight is 400 g/mol. The molecule has 150 valence electrons. The van der Waals surface area contributed by atoms with E-state index in [1.165, 1.54) is 32.1 Å². The van der Waals surface area contributed by atoms with Crippen LogP contribution in [0.1, 0.15) is 44.9 Å². The molecule has 1 saturated carbocycles. The molecule has 0 radical (unpaired) electrons. The maximum Gasteiger partial charge on any atom is 0.224 e. The van der Waals surface area contributed by atoms with E-state index < -0.39 is 11.0 Å². The molecule has 1 amide bonds. The minimum Gasteiger partial charge on any atom is -0.356 e. The Morgan fingerprint density at radius 1 is 1.11 bits per heavy atom. The van der Waals surface area contributed by atoms with Gasteiger partial charge in [-0.3, -0.25) is 9.78 Å². The molecule has 1 aromatic heterocycles. The van der Waals surface area contributed by atoms with E-state index in [-0.39, 0.29) is 11.8 Å². The Bertz CT molecular complexity index is 845. The van der Waals surface area contributed by atoms with Gasteiger partial charge in [-0.2, -0.15) is 0 Å². The summed E-state index contributed by atoms with van der Waals surface area (Å²) in [6.45, 7) is 2.10. The summed E-state index contributed by atoms with van der Waals surface area (Å²) in [6, 6.07) is 9.68. The second kappa shape index (κ2) is 9.14. The first kappa shape index (κ1) is 19.5. The van der Waals surface area contributed by atoms with Crippen LogP contribution in [0.15, 0.2) is 41.4 Å². The number of rotatable bonds is 5. The van der Waals surface area contributed by atoms with E-state index in [1.54, 1.807) is 6.20 Å². The number of carbonyl (C=O) groups is 1. The molecule has 6 heteroatoms. The highest BCUT2D eigenvalue weighted by atomic mass is 32.2. The fourth-order valence-electron chi connectivity index (χ4n) is 4.44. The van der Waals surface area contributed by atoms with Gasteiger partial charge in [0.1, 0.15) is 11.0 Å². The molecule has 2 atom stereocenters. The number of hydrogen-bond acceptors (Lipinski definition) is 3. The standard InChI is InChI=1S/C22H29N3O2S/c26-22(24-15-17-7-2-1-3-8-17)19-11-6-14-25(16-19)28(27)20-12-4-9-18-10-5-13-23-21(18)20/h4-5,9-10,12-13,17,19H,1-3,6-8,11,14-16H2,(H,24,26). The van der Waals surface area contributed by atoms with Gasteiger partial charge in [-0.1, -0.05) is 37.5 Å². The normalized spacial score (nSPS) is 22.8. The van der Waals surface area contributed by atoms with Crippen LogP contribution < -0.4 is 5.32 Å². The Labute approximate surface area is 169 Å². The third-order valence-electron chi connectivity index (χ3n) is 6.06. The fourth-order valence-corrected chi connectivity index (χ4v) is 5.86. The number of benzene rings is 1. The second-order valence-electron chi connectivity index (χ2n) is 8.06. The van der Waals surface area contributed by atoms with Crippen LogP contribution in [0.25, 0.3) is 10.9 Å². The lowest BCUT2D eigenvalue weighted by atomic mass is 9.89. The third kappa shape index (κ3) is 4.44. The van der Waals surface area contributed by atoms with Gasteiger partial charge in [0.05, 0.1) is 16.3 Å². The average Bonchev–Trinajstić information content (AvgIpc) is 2.77. The lowest BCUT2D eigenvalue weighted by molar-refractivity contribution is -0.126. The predicted molar refractivity (Wildman–Crippen MR) is 112 cm³/mol. The number of para-hydroxylation sites is 1. The van der Waals surface area contributed by atoms with Crippen LogP contribution in [0.5, 0.6) is 0 Å². The number of aromatic nitrogens is 1. The van der Waals surface area contributed by atoms with Crippen LogP contribution >= 0.6 is 0 Å². The van der Waals surface area contributed by atoms with Gasteiger partial charge < -0.3 is 5.32 Å². The van der Waals surface area contributed by atoms with Gasteiger partial charge in [-0.15, -0.1) is 0 Å². The van der Waals surface area contributed by atoms with E-state index in [1.807, 2.05) is 34.6 Å². The number of nitrogens with zero attached hydrogens (tertiary/aromatic N) is 2. The molecule has 0 bridgehead atoms. The van der Waals surface area contributed by atoms with Crippen molar-refractivity contribution in [3.8, 4) is 0 Å². The Morgan fingerprint density at radius 2 is 1.93 bits per heavy atom. The van der Waals surface area contributed by atoms with Gasteiger partial charge in [-0.05, 0) is 43.7 Å². The number of piperidine rings is 1. The van der Waals surface area contributed by atoms with Crippen molar-refractivity contribution in [2.75, 3.05) is 19.6 Å². The van der Waals surface area contributed by atoms with Gasteiger partial charge in [-0.25, -0.2) is 8.51 Å². The molecule has 1 saturated heterocycles.